The molecule has 150 valence electrons. The number of nitrogens with one attached hydrogen (secondary N) is 2. The van der Waals surface area contributed by atoms with Gasteiger partial charge in [-0.3, -0.25) is 4.79 Å². The number of hydrogen-bond donors (Lipinski definition) is 2. The molecular formula is C20H17F3N4O2. The fourth-order valence-corrected chi connectivity index (χ4v) is 2.69. The zero-order valence-corrected chi connectivity index (χ0v) is 15.5. The van der Waals surface area contributed by atoms with Gasteiger partial charge in [0.25, 0.3) is 0 Å². The van der Waals surface area contributed by atoms with Crippen LogP contribution in [0.5, 0.6) is 5.75 Å². The molecule has 6 nitrogen and oxygen atoms in total. The van der Waals surface area contributed by atoms with Crippen LogP contribution in [0.25, 0.3) is 11.3 Å². The number of ether oxygens (including phenoxy) is 1. The fourth-order valence-electron chi connectivity index (χ4n) is 2.69. The zero-order valence-electron chi connectivity index (χ0n) is 15.5. The zero-order chi connectivity index (χ0) is 21.0. The van der Waals surface area contributed by atoms with Gasteiger partial charge in [0, 0.05) is 29.4 Å². The first-order chi connectivity index (χ1) is 13.7. The van der Waals surface area contributed by atoms with E-state index in [9.17, 15) is 18.0 Å². The second-order valence-corrected chi connectivity index (χ2v) is 6.16. The molecule has 0 fully saturated rings. The highest BCUT2D eigenvalue weighted by molar-refractivity contribution is 5.89. The molecule has 3 aromatic rings. The number of hydrogen-bond acceptors (Lipinski definition) is 5. The minimum atomic E-state index is -4.74. The van der Waals surface area contributed by atoms with Crippen molar-refractivity contribution >= 4 is 23.1 Å². The average molecular weight is 402 g/mol. The van der Waals surface area contributed by atoms with E-state index >= 15 is 0 Å². The van der Waals surface area contributed by atoms with E-state index in [1.807, 2.05) is 13.0 Å². The van der Waals surface area contributed by atoms with Gasteiger partial charge >= 0.3 is 6.36 Å². The molecule has 9 heteroatoms. The SMILES string of the molecule is CC(=O)Nc1cccc(-c2ncnc(Nc3ccc(OC(F)(F)F)cc3)c2C)c1. The van der Waals surface area contributed by atoms with Crippen molar-refractivity contribution in [1.82, 2.24) is 9.97 Å². The van der Waals surface area contributed by atoms with Gasteiger partial charge in [0.05, 0.1) is 5.69 Å². The Morgan fingerprint density at radius 1 is 1.03 bits per heavy atom. The van der Waals surface area contributed by atoms with Crippen LogP contribution in [0, 0.1) is 6.92 Å². The van der Waals surface area contributed by atoms with Crippen LogP contribution in [0.15, 0.2) is 54.9 Å². The van der Waals surface area contributed by atoms with Gasteiger partial charge in [-0.1, -0.05) is 12.1 Å². The van der Waals surface area contributed by atoms with Crippen LogP contribution in [0.1, 0.15) is 12.5 Å². The largest absolute Gasteiger partial charge is 0.573 e. The standard InChI is InChI=1S/C20H17F3N4O2/c1-12-18(14-4-3-5-16(10-14)26-13(2)28)24-11-25-19(12)27-15-6-8-17(9-7-15)29-20(21,22)23/h3-11H,1-2H3,(H,26,28)(H,24,25,27). The topological polar surface area (TPSA) is 76.1 Å². The van der Waals surface area contributed by atoms with Crippen LogP contribution in [0.2, 0.25) is 0 Å². The molecule has 29 heavy (non-hydrogen) atoms. The Bertz CT molecular complexity index is 1020. The number of carbonyl (C=O) groups is 1. The van der Waals surface area contributed by atoms with Crippen LogP contribution >= 0.6 is 0 Å². The molecule has 0 radical (unpaired) electrons. The summed E-state index contributed by atoms with van der Waals surface area (Å²) in [4.78, 5) is 19.8. The molecule has 2 aromatic carbocycles. The maximum atomic E-state index is 12.3. The number of carbonyl (C=O) groups excluding carboxylic acids is 1. The smallest absolute Gasteiger partial charge is 0.406 e. The van der Waals surface area contributed by atoms with Crippen molar-refractivity contribution in [3.8, 4) is 17.0 Å². The van der Waals surface area contributed by atoms with Crippen molar-refractivity contribution in [3.63, 3.8) is 0 Å². The van der Waals surface area contributed by atoms with E-state index in [0.717, 1.165) is 11.1 Å². The minimum absolute atomic E-state index is 0.179. The normalized spacial score (nSPS) is 11.1. The van der Waals surface area contributed by atoms with E-state index in [1.54, 1.807) is 18.2 Å². The summed E-state index contributed by atoms with van der Waals surface area (Å²) in [6.07, 6.45) is -3.35. The van der Waals surface area contributed by atoms with Gasteiger partial charge in [0.2, 0.25) is 5.91 Å². The van der Waals surface area contributed by atoms with Crippen LogP contribution in [-0.2, 0) is 4.79 Å². The number of anilines is 3. The Morgan fingerprint density at radius 2 is 1.76 bits per heavy atom. The molecule has 2 N–H and O–H groups in total. The van der Waals surface area contributed by atoms with Gasteiger partial charge in [-0.2, -0.15) is 0 Å². The lowest BCUT2D eigenvalue weighted by atomic mass is 10.1. The third-order valence-electron chi connectivity index (χ3n) is 3.89. The molecule has 0 aliphatic carbocycles. The summed E-state index contributed by atoms with van der Waals surface area (Å²) in [6.45, 7) is 3.25. The number of nitrogens with zero attached hydrogens (tertiary/aromatic N) is 2. The predicted octanol–water partition coefficient (Wildman–Crippen LogP) is 5.05. The summed E-state index contributed by atoms with van der Waals surface area (Å²) in [6, 6.07) is 12.6. The number of rotatable bonds is 5. The monoisotopic (exact) mass is 402 g/mol. The lowest BCUT2D eigenvalue weighted by Gasteiger charge is -2.13. The number of benzene rings is 2. The molecule has 1 heterocycles. The highest BCUT2D eigenvalue weighted by atomic mass is 19.4. The van der Waals surface area contributed by atoms with Crippen molar-refractivity contribution in [2.24, 2.45) is 0 Å². The van der Waals surface area contributed by atoms with Crippen LogP contribution < -0.4 is 15.4 Å². The van der Waals surface area contributed by atoms with Gasteiger partial charge < -0.3 is 15.4 Å². The highest BCUT2D eigenvalue weighted by Gasteiger charge is 2.30. The second kappa shape index (κ2) is 8.17. The van der Waals surface area contributed by atoms with Crippen molar-refractivity contribution in [1.29, 1.82) is 0 Å². The number of amides is 1. The van der Waals surface area contributed by atoms with Crippen molar-refractivity contribution in [2.75, 3.05) is 10.6 Å². The van der Waals surface area contributed by atoms with E-state index in [4.69, 9.17) is 0 Å². The minimum Gasteiger partial charge on any atom is -0.406 e. The molecule has 0 aliphatic heterocycles. The van der Waals surface area contributed by atoms with Gasteiger partial charge in [-0.05, 0) is 43.3 Å². The highest BCUT2D eigenvalue weighted by Crippen LogP contribution is 2.29. The second-order valence-electron chi connectivity index (χ2n) is 6.16. The molecular weight excluding hydrogens is 385 g/mol. The summed E-state index contributed by atoms with van der Waals surface area (Å²) in [7, 11) is 0. The molecule has 0 aliphatic rings. The summed E-state index contributed by atoms with van der Waals surface area (Å²) in [5.74, 6) is 0.0178. The predicted molar refractivity (Wildman–Crippen MR) is 103 cm³/mol. The van der Waals surface area contributed by atoms with Gasteiger partial charge in [0.15, 0.2) is 0 Å². The maximum absolute atomic E-state index is 12.3. The van der Waals surface area contributed by atoms with E-state index in [2.05, 4.69) is 25.3 Å². The Hall–Kier alpha value is -3.62. The van der Waals surface area contributed by atoms with E-state index in [0.29, 0.717) is 22.9 Å². The molecule has 0 unspecified atom stereocenters. The third-order valence-corrected chi connectivity index (χ3v) is 3.89. The first-order valence-corrected chi connectivity index (χ1v) is 8.54. The molecule has 1 amide bonds. The third kappa shape index (κ3) is 5.44. The Morgan fingerprint density at radius 3 is 2.41 bits per heavy atom. The van der Waals surface area contributed by atoms with Crippen molar-refractivity contribution < 1.29 is 22.7 Å². The maximum Gasteiger partial charge on any atom is 0.573 e. The van der Waals surface area contributed by atoms with Gasteiger partial charge in [-0.25, -0.2) is 9.97 Å². The van der Waals surface area contributed by atoms with Crippen LogP contribution in [0.3, 0.4) is 0 Å². The number of halogens is 3. The lowest BCUT2D eigenvalue weighted by Crippen LogP contribution is -2.17. The Labute approximate surface area is 164 Å². The van der Waals surface area contributed by atoms with Gasteiger partial charge in [0.1, 0.15) is 17.9 Å². The first kappa shape index (κ1) is 20.1. The van der Waals surface area contributed by atoms with E-state index in [1.165, 1.54) is 37.5 Å². The molecule has 0 spiro atoms. The average Bonchev–Trinajstić information content (AvgIpc) is 2.63. The molecule has 0 saturated carbocycles. The lowest BCUT2D eigenvalue weighted by molar-refractivity contribution is -0.274. The van der Waals surface area contributed by atoms with Crippen molar-refractivity contribution in [2.45, 2.75) is 20.2 Å². The molecule has 1 aromatic heterocycles. The van der Waals surface area contributed by atoms with Crippen LogP contribution in [-0.4, -0.2) is 22.2 Å². The summed E-state index contributed by atoms with van der Waals surface area (Å²) < 4.78 is 40.7. The van der Waals surface area contributed by atoms with Gasteiger partial charge in [-0.15, -0.1) is 13.2 Å². The molecule has 3 rings (SSSR count). The molecule has 0 atom stereocenters. The number of aromatic nitrogens is 2. The summed E-state index contributed by atoms with van der Waals surface area (Å²) >= 11 is 0. The summed E-state index contributed by atoms with van der Waals surface area (Å²) in [5.41, 5.74) is 3.37. The van der Waals surface area contributed by atoms with Crippen molar-refractivity contribution in [3.05, 3.63) is 60.4 Å². The van der Waals surface area contributed by atoms with Crippen LogP contribution in [0.4, 0.5) is 30.4 Å². The molecule has 0 saturated heterocycles. The fraction of sp³-hybridized carbons (Fsp3) is 0.150. The Balaban J connectivity index is 1.83. The van der Waals surface area contributed by atoms with E-state index < -0.39 is 6.36 Å². The molecule has 0 bridgehead atoms. The first-order valence-electron chi connectivity index (χ1n) is 8.54. The van der Waals surface area contributed by atoms with E-state index in [-0.39, 0.29) is 11.7 Å². The Kier molecular flexibility index (Phi) is 5.67. The quantitative estimate of drug-likeness (QED) is 0.624. The summed E-state index contributed by atoms with van der Waals surface area (Å²) in [5, 5.41) is 5.78. The number of alkyl halides is 3.